The summed E-state index contributed by atoms with van der Waals surface area (Å²) in [6.07, 6.45) is -5.08. The predicted molar refractivity (Wildman–Crippen MR) is 127 cm³/mol. The number of hydrogen-bond acceptors (Lipinski definition) is 6. The number of sulfonamides is 1. The minimum Gasteiger partial charge on any atom is -0.475 e. The first-order valence-electron chi connectivity index (χ1n) is 11.1. The molecule has 1 aliphatic rings. The van der Waals surface area contributed by atoms with Crippen LogP contribution in [-0.4, -0.2) is 110 Å². The Morgan fingerprint density at radius 1 is 1.06 bits per heavy atom. The van der Waals surface area contributed by atoms with E-state index in [1.165, 1.54) is 4.31 Å². The molecule has 200 valence electrons. The number of carboxylic acid groups (broad SMARTS) is 1. The van der Waals surface area contributed by atoms with Crippen LogP contribution in [0.3, 0.4) is 0 Å². The number of alkyl halides is 3. The third kappa shape index (κ3) is 11.1. The van der Waals surface area contributed by atoms with Crippen molar-refractivity contribution in [1.29, 1.82) is 0 Å². The number of carboxylic acids is 1. The summed E-state index contributed by atoms with van der Waals surface area (Å²) in [6.45, 7) is 9.57. The Morgan fingerprint density at radius 3 is 2.03 bits per heavy atom. The van der Waals surface area contributed by atoms with Crippen LogP contribution in [0.25, 0.3) is 0 Å². The number of halogens is 4. The van der Waals surface area contributed by atoms with Gasteiger partial charge in [0.1, 0.15) is 0 Å². The molecule has 0 aliphatic carbocycles. The van der Waals surface area contributed by atoms with Gasteiger partial charge >= 0.3 is 12.1 Å². The Labute approximate surface area is 208 Å². The van der Waals surface area contributed by atoms with Crippen molar-refractivity contribution in [2.75, 3.05) is 64.7 Å². The largest absolute Gasteiger partial charge is 0.490 e. The molecule has 0 radical (unpaired) electrons. The molecule has 1 aliphatic heterocycles. The Morgan fingerprint density at radius 2 is 1.57 bits per heavy atom. The van der Waals surface area contributed by atoms with Crippen molar-refractivity contribution >= 4 is 33.5 Å². The summed E-state index contributed by atoms with van der Waals surface area (Å²) in [4.78, 5) is 25.7. The summed E-state index contributed by atoms with van der Waals surface area (Å²) in [5, 5.41) is 10.8. The molecule has 2 N–H and O–H groups in total. The number of likely N-dealkylation sites (N-methyl/N-ethyl adjacent to an activating group) is 1. The van der Waals surface area contributed by atoms with Gasteiger partial charge < -0.3 is 20.2 Å². The fourth-order valence-corrected chi connectivity index (χ4v) is 4.74. The molecule has 1 saturated heterocycles. The van der Waals surface area contributed by atoms with E-state index in [1.807, 2.05) is 0 Å². The molecule has 1 heterocycles. The van der Waals surface area contributed by atoms with Gasteiger partial charge in [-0.3, -0.25) is 4.79 Å². The van der Waals surface area contributed by atoms with E-state index in [4.69, 9.17) is 21.5 Å². The minimum atomic E-state index is -5.08. The van der Waals surface area contributed by atoms with Gasteiger partial charge in [0.25, 0.3) is 5.91 Å². The maximum Gasteiger partial charge on any atom is 0.490 e. The lowest BCUT2D eigenvalue weighted by molar-refractivity contribution is -0.192. The smallest absolute Gasteiger partial charge is 0.475 e. The predicted octanol–water partition coefficient (Wildman–Crippen LogP) is 1.99. The van der Waals surface area contributed by atoms with Crippen LogP contribution in [0.15, 0.2) is 24.3 Å². The molecule has 14 heteroatoms. The normalized spacial score (nSPS) is 14.8. The molecular formula is C21H32ClF3N4O5S. The maximum absolute atomic E-state index is 13.0. The molecule has 1 aromatic rings. The quantitative estimate of drug-likeness (QED) is 0.463. The van der Waals surface area contributed by atoms with E-state index in [2.05, 4.69) is 24.1 Å². The van der Waals surface area contributed by atoms with Gasteiger partial charge in [-0.2, -0.15) is 17.5 Å². The molecule has 0 spiro atoms. The zero-order valence-corrected chi connectivity index (χ0v) is 21.3. The molecule has 0 unspecified atom stereocenters. The van der Waals surface area contributed by atoms with Crippen LogP contribution in [0.4, 0.5) is 13.2 Å². The Hall–Kier alpha value is -1.93. The average molecular weight is 545 g/mol. The van der Waals surface area contributed by atoms with Gasteiger partial charge in [0, 0.05) is 56.4 Å². The van der Waals surface area contributed by atoms with Crippen molar-refractivity contribution in [2.24, 2.45) is 0 Å². The van der Waals surface area contributed by atoms with Gasteiger partial charge in [0.05, 0.1) is 5.75 Å². The first-order chi connectivity index (χ1) is 16.3. The fraction of sp³-hybridized carbons (Fsp3) is 0.619. The fourth-order valence-electron chi connectivity index (χ4n) is 3.17. The second-order valence-corrected chi connectivity index (χ2v) is 10.1. The van der Waals surface area contributed by atoms with E-state index in [0.717, 1.165) is 13.1 Å². The molecule has 2 rings (SSSR count). The van der Waals surface area contributed by atoms with Crippen LogP contribution in [0, 0.1) is 0 Å². The van der Waals surface area contributed by atoms with Crippen LogP contribution < -0.4 is 5.32 Å². The number of piperazine rings is 1. The minimum absolute atomic E-state index is 0.0649. The molecule has 1 fully saturated rings. The number of carbonyl (C=O) groups excluding carboxylic acids is 1. The van der Waals surface area contributed by atoms with Crippen molar-refractivity contribution in [3.05, 3.63) is 34.9 Å². The van der Waals surface area contributed by atoms with E-state index in [-0.39, 0.29) is 18.2 Å². The summed E-state index contributed by atoms with van der Waals surface area (Å²) in [6, 6.07) is 6.71. The zero-order valence-electron chi connectivity index (χ0n) is 19.7. The highest BCUT2D eigenvalue weighted by atomic mass is 35.5. The number of nitrogens with one attached hydrogen (secondary N) is 1. The molecule has 1 aromatic carbocycles. The van der Waals surface area contributed by atoms with Crippen LogP contribution >= 0.6 is 11.6 Å². The monoisotopic (exact) mass is 544 g/mol. The van der Waals surface area contributed by atoms with E-state index >= 15 is 0 Å². The van der Waals surface area contributed by atoms with Crippen molar-refractivity contribution in [2.45, 2.75) is 20.0 Å². The van der Waals surface area contributed by atoms with E-state index in [1.54, 1.807) is 29.2 Å². The number of carbonyl (C=O) groups is 2. The van der Waals surface area contributed by atoms with Gasteiger partial charge in [-0.1, -0.05) is 25.4 Å². The van der Waals surface area contributed by atoms with E-state index < -0.39 is 22.2 Å². The number of rotatable bonds is 10. The van der Waals surface area contributed by atoms with Crippen molar-refractivity contribution in [3.63, 3.8) is 0 Å². The molecule has 0 atom stereocenters. The molecule has 1 amide bonds. The molecule has 0 saturated carbocycles. The summed E-state index contributed by atoms with van der Waals surface area (Å²) < 4.78 is 58.6. The summed E-state index contributed by atoms with van der Waals surface area (Å²) in [7, 11) is -3.39. The van der Waals surface area contributed by atoms with Crippen molar-refractivity contribution < 1.29 is 36.3 Å². The van der Waals surface area contributed by atoms with Gasteiger partial charge in [-0.05, 0) is 37.4 Å². The van der Waals surface area contributed by atoms with Crippen LogP contribution in [0.1, 0.15) is 24.2 Å². The Bertz CT molecular complexity index is 907. The van der Waals surface area contributed by atoms with Crippen LogP contribution in [-0.2, 0) is 14.8 Å². The first kappa shape index (κ1) is 31.1. The van der Waals surface area contributed by atoms with Gasteiger partial charge in [0.2, 0.25) is 10.0 Å². The number of aliphatic carboxylic acids is 1. The highest BCUT2D eigenvalue weighted by Gasteiger charge is 2.38. The lowest BCUT2D eigenvalue weighted by Gasteiger charge is -2.29. The molecule has 9 nitrogen and oxygen atoms in total. The second-order valence-electron chi connectivity index (χ2n) is 7.59. The summed E-state index contributed by atoms with van der Waals surface area (Å²) >= 11 is 5.92. The zero-order chi connectivity index (χ0) is 26.6. The van der Waals surface area contributed by atoms with Crippen LogP contribution in [0.5, 0.6) is 0 Å². The number of hydrogen-bond donors (Lipinski definition) is 2. The third-order valence-corrected chi connectivity index (χ3v) is 7.39. The van der Waals surface area contributed by atoms with Crippen molar-refractivity contribution in [1.82, 2.24) is 19.4 Å². The number of benzene rings is 1. The highest BCUT2D eigenvalue weighted by Crippen LogP contribution is 2.14. The lowest BCUT2D eigenvalue weighted by Crippen LogP contribution is -2.49. The van der Waals surface area contributed by atoms with Crippen molar-refractivity contribution in [3.8, 4) is 0 Å². The van der Waals surface area contributed by atoms with E-state index in [9.17, 15) is 26.4 Å². The molecule has 0 bridgehead atoms. The third-order valence-electron chi connectivity index (χ3n) is 5.29. The topological polar surface area (TPSA) is 110 Å². The van der Waals surface area contributed by atoms with Gasteiger partial charge in [0.15, 0.2) is 0 Å². The Kier molecular flexibility index (Phi) is 13.0. The summed E-state index contributed by atoms with van der Waals surface area (Å²) in [5.41, 5.74) is 0.517. The van der Waals surface area contributed by atoms with Crippen LogP contribution in [0.2, 0.25) is 5.02 Å². The molecule has 0 aromatic heterocycles. The van der Waals surface area contributed by atoms with Gasteiger partial charge in [-0.15, -0.1) is 0 Å². The first-order valence-corrected chi connectivity index (χ1v) is 13.1. The SMILES string of the molecule is CCN(CC)CCN(CCS(=O)(=O)N1CCNCC1)C(=O)c1ccc(Cl)cc1.O=C(O)C(F)(F)F. The molecule has 35 heavy (non-hydrogen) atoms. The van der Waals surface area contributed by atoms with E-state index in [0.29, 0.717) is 49.9 Å². The average Bonchev–Trinajstić information content (AvgIpc) is 2.82. The lowest BCUT2D eigenvalue weighted by atomic mass is 10.2. The highest BCUT2D eigenvalue weighted by molar-refractivity contribution is 7.89. The standard InChI is InChI=1S/C19H31ClN4O3S.C2HF3O2/c1-3-22(4-2)13-14-23(19(25)17-5-7-18(20)8-6-17)15-16-28(26,27)24-11-9-21-10-12-24;3-2(4,5)1(6)7/h5-8,21H,3-4,9-16H2,1-2H3;(H,6,7). The number of amides is 1. The molecular weight excluding hydrogens is 513 g/mol. The maximum atomic E-state index is 13.0. The second kappa shape index (κ2) is 14.6. The summed E-state index contributed by atoms with van der Waals surface area (Å²) in [5.74, 6) is -2.99. The number of nitrogens with zero attached hydrogens (tertiary/aromatic N) is 3. The Balaban J connectivity index is 0.000000762. The van der Waals surface area contributed by atoms with Gasteiger partial charge in [-0.25, -0.2) is 13.2 Å².